The number of anilines is 2. The van der Waals surface area contributed by atoms with Crippen LogP contribution in [0.4, 0.5) is 11.5 Å². The molecule has 5 heteroatoms. The molecular weight excluding hydrogens is 226 g/mol. The largest absolute Gasteiger partial charge is 0.380 e. The smallest absolute Gasteiger partial charge is 0.152 e. The Kier molecular flexibility index (Phi) is 2.41. The van der Waals surface area contributed by atoms with Gasteiger partial charge in [0.15, 0.2) is 5.82 Å². The van der Waals surface area contributed by atoms with Crippen LogP contribution in [0.3, 0.4) is 0 Å². The Bertz CT molecular complexity index is 412. The van der Waals surface area contributed by atoms with Crippen molar-refractivity contribution < 1.29 is 4.74 Å². The summed E-state index contributed by atoms with van der Waals surface area (Å²) in [5.74, 6) is 1.00. The van der Waals surface area contributed by atoms with Crippen molar-refractivity contribution in [3.8, 4) is 0 Å². The zero-order valence-electron chi connectivity index (χ0n) is 9.11. The maximum atomic E-state index is 5.93. The number of pyridine rings is 1. The third-order valence-corrected chi connectivity index (χ3v) is 3.55. The highest BCUT2D eigenvalue weighted by Gasteiger charge is 2.36. The zero-order valence-corrected chi connectivity index (χ0v) is 9.87. The van der Waals surface area contributed by atoms with Crippen molar-refractivity contribution in [1.82, 2.24) is 4.98 Å². The van der Waals surface area contributed by atoms with E-state index in [1.807, 2.05) is 6.07 Å². The molecule has 2 unspecified atom stereocenters. The van der Waals surface area contributed by atoms with Crippen molar-refractivity contribution in [2.24, 2.45) is 0 Å². The molecule has 2 aliphatic heterocycles. The van der Waals surface area contributed by atoms with Gasteiger partial charge in [-0.3, -0.25) is 0 Å². The molecule has 0 spiro atoms. The van der Waals surface area contributed by atoms with Crippen LogP contribution >= 0.6 is 11.6 Å². The lowest BCUT2D eigenvalue weighted by Crippen LogP contribution is -2.40. The maximum Gasteiger partial charge on any atom is 0.152 e. The minimum Gasteiger partial charge on any atom is -0.380 e. The quantitative estimate of drug-likeness (QED) is 0.810. The lowest BCUT2D eigenvalue weighted by Gasteiger charge is -2.32. The second-order valence-corrected chi connectivity index (χ2v) is 4.74. The van der Waals surface area contributed by atoms with E-state index in [4.69, 9.17) is 16.3 Å². The van der Waals surface area contributed by atoms with Gasteiger partial charge in [-0.25, -0.2) is 4.98 Å². The van der Waals surface area contributed by atoms with E-state index in [2.05, 4.69) is 15.2 Å². The molecule has 1 aromatic rings. The molecule has 1 N–H and O–H groups in total. The predicted molar refractivity (Wildman–Crippen MR) is 64.3 cm³/mol. The Balaban J connectivity index is 1.94. The van der Waals surface area contributed by atoms with Crippen LogP contribution in [0.5, 0.6) is 0 Å². The van der Waals surface area contributed by atoms with Crippen LogP contribution in [0, 0.1) is 0 Å². The first-order valence-corrected chi connectivity index (χ1v) is 5.84. The van der Waals surface area contributed by atoms with Crippen molar-refractivity contribution in [1.29, 1.82) is 0 Å². The normalized spacial score (nSPS) is 27.2. The van der Waals surface area contributed by atoms with Gasteiger partial charge in [0.1, 0.15) is 0 Å². The van der Waals surface area contributed by atoms with E-state index in [0.717, 1.165) is 31.0 Å². The van der Waals surface area contributed by atoms with Crippen molar-refractivity contribution in [3.05, 3.63) is 17.3 Å². The lowest BCUT2D eigenvalue weighted by atomic mass is 10.1. The number of aromatic nitrogens is 1. The third kappa shape index (κ3) is 1.53. The fourth-order valence-corrected chi connectivity index (χ4v) is 2.67. The van der Waals surface area contributed by atoms with Gasteiger partial charge in [-0.05, 0) is 12.5 Å². The van der Waals surface area contributed by atoms with Crippen molar-refractivity contribution in [2.45, 2.75) is 18.6 Å². The monoisotopic (exact) mass is 239 g/mol. The number of hydrogen-bond donors (Lipinski definition) is 1. The van der Waals surface area contributed by atoms with Crippen LogP contribution in [0.2, 0.25) is 5.02 Å². The fourth-order valence-electron chi connectivity index (χ4n) is 2.52. The molecule has 2 aliphatic rings. The Labute approximate surface area is 99.6 Å². The van der Waals surface area contributed by atoms with Gasteiger partial charge in [0, 0.05) is 26.4 Å². The molecule has 1 fully saturated rings. The molecular formula is C11H14ClN3O. The van der Waals surface area contributed by atoms with Crippen molar-refractivity contribution >= 4 is 23.1 Å². The topological polar surface area (TPSA) is 37.4 Å². The second kappa shape index (κ2) is 3.79. The van der Waals surface area contributed by atoms with Crippen LogP contribution in [0.1, 0.15) is 6.42 Å². The summed E-state index contributed by atoms with van der Waals surface area (Å²) in [5.41, 5.74) is 1.03. The Morgan fingerprint density at radius 2 is 2.50 bits per heavy atom. The fraction of sp³-hybridized carbons (Fsp3) is 0.545. The van der Waals surface area contributed by atoms with Crippen LogP contribution in [0.25, 0.3) is 0 Å². The summed E-state index contributed by atoms with van der Waals surface area (Å²) in [4.78, 5) is 6.72. The summed E-state index contributed by atoms with van der Waals surface area (Å²) in [5, 5.41) is 4.05. The number of ether oxygens (including phenoxy) is 1. The van der Waals surface area contributed by atoms with E-state index >= 15 is 0 Å². The van der Waals surface area contributed by atoms with E-state index in [1.54, 1.807) is 13.3 Å². The van der Waals surface area contributed by atoms with Crippen LogP contribution in [-0.2, 0) is 4.74 Å². The maximum absolute atomic E-state index is 5.93. The predicted octanol–water partition coefficient (Wildman–Crippen LogP) is 1.75. The minimum absolute atomic E-state index is 0.315. The Hall–Kier alpha value is -1.00. The molecule has 1 aromatic heterocycles. The summed E-state index contributed by atoms with van der Waals surface area (Å²) >= 11 is 5.93. The third-order valence-electron chi connectivity index (χ3n) is 3.34. The van der Waals surface area contributed by atoms with Gasteiger partial charge < -0.3 is 15.0 Å². The standard InChI is InChI=1S/C11H14ClN3O/c1-16-9-3-8-5-13-10-2-7(12)4-14-11(10)15(8)6-9/h2,4,8-9,13H,3,5-6H2,1H3. The van der Waals surface area contributed by atoms with Gasteiger partial charge in [-0.1, -0.05) is 11.6 Å². The molecule has 0 aliphatic carbocycles. The van der Waals surface area contributed by atoms with Crippen LogP contribution in [0.15, 0.2) is 12.3 Å². The number of halogens is 1. The Morgan fingerprint density at radius 3 is 3.31 bits per heavy atom. The number of nitrogens with zero attached hydrogens (tertiary/aromatic N) is 2. The van der Waals surface area contributed by atoms with E-state index in [-0.39, 0.29) is 0 Å². The molecule has 2 atom stereocenters. The lowest BCUT2D eigenvalue weighted by molar-refractivity contribution is 0.118. The number of rotatable bonds is 1. The molecule has 16 heavy (non-hydrogen) atoms. The molecule has 0 radical (unpaired) electrons. The molecule has 3 rings (SSSR count). The van der Waals surface area contributed by atoms with Gasteiger partial charge >= 0.3 is 0 Å². The van der Waals surface area contributed by atoms with Gasteiger partial charge in [-0.15, -0.1) is 0 Å². The van der Waals surface area contributed by atoms with Crippen LogP contribution < -0.4 is 10.2 Å². The highest BCUT2D eigenvalue weighted by Crippen LogP contribution is 2.36. The summed E-state index contributed by atoms with van der Waals surface area (Å²) in [6.45, 7) is 1.86. The van der Waals surface area contributed by atoms with E-state index < -0.39 is 0 Å². The highest BCUT2D eigenvalue weighted by molar-refractivity contribution is 6.30. The van der Waals surface area contributed by atoms with E-state index in [0.29, 0.717) is 17.2 Å². The van der Waals surface area contributed by atoms with Gasteiger partial charge in [-0.2, -0.15) is 0 Å². The van der Waals surface area contributed by atoms with E-state index in [1.165, 1.54) is 0 Å². The average Bonchev–Trinajstić information content (AvgIpc) is 2.71. The first-order valence-electron chi connectivity index (χ1n) is 5.47. The molecule has 1 saturated heterocycles. The number of hydrogen-bond acceptors (Lipinski definition) is 4. The summed E-state index contributed by atoms with van der Waals surface area (Å²) in [7, 11) is 1.77. The Morgan fingerprint density at radius 1 is 1.62 bits per heavy atom. The first kappa shape index (κ1) is 10.2. The van der Waals surface area contributed by atoms with Crippen molar-refractivity contribution in [2.75, 3.05) is 30.4 Å². The van der Waals surface area contributed by atoms with Crippen molar-refractivity contribution in [3.63, 3.8) is 0 Å². The molecule has 0 bridgehead atoms. The summed E-state index contributed by atoms with van der Waals surface area (Å²) < 4.78 is 5.42. The molecule has 4 nitrogen and oxygen atoms in total. The van der Waals surface area contributed by atoms with Gasteiger partial charge in [0.05, 0.1) is 22.9 Å². The highest BCUT2D eigenvalue weighted by atomic mass is 35.5. The summed E-state index contributed by atoms with van der Waals surface area (Å²) in [6.07, 6.45) is 3.08. The zero-order chi connectivity index (χ0) is 11.1. The molecule has 3 heterocycles. The molecule has 0 saturated carbocycles. The SMILES string of the molecule is COC1CC2CNc3cc(Cl)cnc3N2C1. The molecule has 0 aromatic carbocycles. The average molecular weight is 240 g/mol. The minimum atomic E-state index is 0.315. The number of nitrogens with one attached hydrogen (secondary N) is 1. The second-order valence-electron chi connectivity index (χ2n) is 4.31. The first-order chi connectivity index (χ1) is 7.78. The van der Waals surface area contributed by atoms with Gasteiger partial charge in [0.2, 0.25) is 0 Å². The summed E-state index contributed by atoms with van der Waals surface area (Å²) in [6, 6.07) is 2.42. The van der Waals surface area contributed by atoms with E-state index in [9.17, 15) is 0 Å². The van der Waals surface area contributed by atoms with Crippen LogP contribution in [-0.4, -0.2) is 37.3 Å². The number of fused-ring (bicyclic) bond motifs is 3. The molecule has 86 valence electrons. The van der Waals surface area contributed by atoms with Gasteiger partial charge in [0.25, 0.3) is 0 Å². The number of methoxy groups -OCH3 is 1. The molecule has 0 amide bonds.